The molecule has 0 unspecified atom stereocenters. The Morgan fingerprint density at radius 3 is 2.68 bits per heavy atom. The van der Waals surface area contributed by atoms with Gasteiger partial charge in [0.15, 0.2) is 5.82 Å². The third-order valence-electron chi connectivity index (χ3n) is 6.08. The summed E-state index contributed by atoms with van der Waals surface area (Å²) in [6.45, 7) is 7.77. The number of hydrogen-bond donors (Lipinski definition) is 2. The van der Waals surface area contributed by atoms with Crippen molar-refractivity contribution in [3.63, 3.8) is 0 Å². The van der Waals surface area contributed by atoms with Crippen molar-refractivity contribution in [2.45, 2.75) is 33.7 Å². The van der Waals surface area contributed by atoms with Crippen molar-refractivity contribution in [2.24, 2.45) is 5.41 Å². The lowest BCUT2D eigenvalue weighted by Gasteiger charge is -2.47. The fraction of sp³-hybridized carbons (Fsp3) is 0.320. The Bertz CT molecular complexity index is 1290. The van der Waals surface area contributed by atoms with E-state index >= 15 is 0 Å². The van der Waals surface area contributed by atoms with Gasteiger partial charge in [0.2, 0.25) is 5.91 Å². The Labute approximate surface area is 198 Å². The summed E-state index contributed by atoms with van der Waals surface area (Å²) in [6.07, 6.45) is 6.01. The van der Waals surface area contributed by atoms with Gasteiger partial charge in [-0.05, 0) is 62.2 Å². The van der Waals surface area contributed by atoms with Gasteiger partial charge < -0.3 is 10.2 Å². The van der Waals surface area contributed by atoms with Crippen LogP contribution in [-0.2, 0) is 17.8 Å². The number of H-pyrrole nitrogens is 1. The number of hydrogen-bond acceptors (Lipinski definition) is 6. The van der Waals surface area contributed by atoms with Crippen LogP contribution >= 0.6 is 0 Å². The first-order valence-corrected chi connectivity index (χ1v) is 11.3. The van der Waals surface area contributed by atoms with E-state index in [1.165, 1.54) is 0 Å². The summed E-state index contributed by atoms with van der Waals surface area (Å²) in [5.74, 6) is 1.69. The number of nitrogens with zero attached hydrogens (tertiary/aromatic N) is 6. The second kappa shape index (κ2) is 8.74. The van der Waals surface area contributed by atoms with Gasteiger partial charge in [0, 0.05) is 56.0 Å². The Balaban J connectivity index is 1.17. The number of nitrogens with one attached hydrogen (secondary N) is 2. The van der Waals surface area contributed by atoms with Crippen LogP contribution < -0.4 is 10.2 Å². The van der Waals surface area contributed by atoms with Crippen LogP contribution in [0.25, 0.3) is 5.82 Å². The van der Waals surface area contributed by atoms with E-state index in [0.717, 1.165) is 39.8 Å². The first-order chi connectivity index (χ1) is 16.4. The van der Waals surface area contributed by atoms with Gasteiger partial charge in [-0.25, -0.2) is 14.6 Å². The van der Waals surface area contributed by atoms with Crippen LogP contribution in [0.15, 0.2) is 55.0 Å². The van der Waals surface area contributed by atoms with Gasteiger partial charge in [-0.15, -0.1) is 0 Å². The quantitative estimate of drug-likeness (QED) is 0.443. The number of carbonyl (C=O) groups is 1. The number of aromatic nitrogens is 6. The average Bonchev–Trinajstić information content (AvgIpc) is 3.47. The molecule has 34 heavy (non-hydrogen) atoms. The van der Waals surface area contributed by atoms with Crippen molar-refractivity contribution in [1.29, 1.82) is 0 Å². The molecule has 4 aromatic heterocycles. The predicted molar refractivity (Wildman–Crippen MR) is 129 cm³/mol. The summed E-state index contributed by atoms with van der Waals surface area (Å²) in [7, 11) is 0. The molecule has 0 aliphatic carbocycles. The molecular formula is C25H28N8O. The highest BCUT2D eigenvalue weighted by molar-refractivity contribution is 5.85. The molecule has 1 amide bonds. The second-order valence-corrected chi connectivity index (χ2v) is 9.29. The number of anilines is 1. The maximum absolute atomic E-state index is 12.9. The largest absolute Gasteiger partial charge is 0.354 e. The molecule has 9 nitrogen and oxygen atoms in total. The van der Waals surface area contributed by atoms with Crippen LogP contribution in [0.1, 0.15) is 35.1 Å². The van der Waals surface area contributed by atoms with Crippen LogP contribution in [-0.4, -0.2) is 48.9 Å². The molecule has 0 spiro atoms. The maximum atomic E-state index is 12.9. The van der Waals surface area contributed by atoms with Crippen LogP contribution in [0, 0.1) is 19.3 Å². The van der Waals surface area contributed by atoms with Crippen LogP contribution in [0.4, 0.5) is 5.82 Å². The molecule has 5 heterocycles. The highest BCUT2D eigenvalue weighted by Gasteiger charge is 2.45. The van der Waals surface area contributed by atoms with Crippen molar-refractivity contribution >= 4 is 11.7 Å². The third-order valence-corrected chi connectivity index (χ3v) is 6.08. The lowest BCUT2D eigenvalue weighted by atomic mass is 9.81. The number of aromatic amines is 1. The minimum Gasteiger partial charge on any atom is -0.354 e. The molecule has 0 aromatic carbocycles. The van der Waals surface area contributed by atoms with E-state index < -0.39 is 5.41 Å². The minimum atomic E-state index is -0.451. The molecule has 1 fully saturated rings. The fourth-order valence-electron chi connectivity index (χ4n) is 4.28. The number of rotatable bonds is 7. The number of amides is 1. The molecular weight excluding hydrogens is 428 g/mol. The maximum Gasteiger partial charge on any atom is 0.229 e. The summed E-state index contributed by atoms with van der Waals surface area (Å²) in [5.41, 5.74) is 4.64. The molecule has 174 valence electrons. The minimum absolute atomic E-state index is 0.0415. The van der Waals surface area contributed by atoms with E-state index in [9.17, 15) is 4.79 Å². The molecule has 0 atom stereocenters. The summed E-state index contributed by atoms with van der Waals surface area (Å²) in [5, 5.41) is 14.5. The molecule has 1 aliphatic heterocycles. The van der Waals surface area contributed by atoms with Gasteiger partial charge in [0.1, 0.15) is 5.82 Å². The smallest absolute Gasteiger partial charge is 0.229 e. The van der Waals surface area contributed by atoms with E-state index in [2.05, 4.69) is 49.6 Å². The Hall–Kier alpha value is -4.01. The summed E-state index contributed by atoms with van der Waals surface area (Å²) < 4.78 is 1.70. The molecule has 1 aliphatic rings. The van der Waals surface area contributed by atoms with Crippen LogP contribution in [0.3, 0.4) is 0 Å². The van der Waals surface area contributed by atoms with E-state index in [0.29, 0.717) is 26.1 Å². The first-order valence-electron chi connectivity index (χ1n) is 11.3. The van der Waals surface area contributed by atoms with Gasteiger partial charge in [0.25, 0.3) is 0 Å². The summed E-state index contributed by atoms with van der Waals surface area (Å²) in [4.78, 5) is 24.3. The molecule has 4 aromatic rings. The number of carbonyl (C=O) groups excluding carboxylic acids is 1. The molecule has 9 heteroatoms. The van der Waals surface area contributed by atoms with Gasteiger partial charge in [-0.1, -0.05) is 6.07 Å². The van der Waals surface area contributed by atoms with E-state index in [1.807, 2.05) is 44.3 Å². The van der Waals surface area contributed by atoms with Gasteiger partial charge >= 0.3 is 0 Å². The number of pyridine rings is 2. The molecule has 0 radical (unpaired) electrons. The molecule has 1 saturated heterocycles. The normalized spacial score (nSPS) is 14.6. The van der Waals surface area contributed by atoms with Crippen LogP contribution in [0.2, 0.25) is 0 Å². The monoisotopic (exact) mass is 456 g/mol. The van der Waals surface area contributed by atoms with Gasteiger partial charge in [-0.3, -0.25) is 9.89 Å². The first kappa shape index (κ1) is 21.8. The molecule has 0 bridgehead atoms. The van der Waals surface area contributed by atoms with E-state index in [1.54, 1.807) is 17.1 Å². The van der Waals surface area contributed by atoms with Crippen molar-refractivity contribution in [2.75, 3.05) is 18.0 Å². The van der Waals surface area contributed by atoms with Crippen molar-refractivity contribution in [1.82, 2.24) is 35.3 Å². The van der Waals surface area contributed by atoms with Gasteiger partial charge in [0.05, 0.1) is 11.1 Å². The SMILES string of the molecule is Cc1cc(Cc2cc(C)[nH]n2)nc(N2CC(C)(C(=O)NCc3ccc(-n4cccn4)nc3)C2)c1. The fourth-order valence-corrected chi connectivity index (χ4v) is 4.28. The zero-order valence-electron chi connectivity index (χ0n) is 19.6. The standard InChI is InChI=1S/C25H28N8O/c1-17-9-20(12-21-11-18(2)30-31-21)29-23(10-17)32-15-25(3,16-32)24(34)27-14-19-5-6-22(26-13-19)33-8-4-7-28-33/h4-11,13H,12,14-16H2,1-3H3,(H,27,34)(H,30,31). The zero-order chi connectivity index (χ0) is 23.7. The van der Waals surface area contributed by atoms with Gasteiger partial charge in [-0.2, -0.15) is 10.2 Å². The molecule has 2 N–H and O–H groups in total. The lowest BCUT2D eigenvalue weighted by molar-refractivity contribution is -0.131. The average molecular weight is 457 g/mol. The van der Waals surface area contributed by atoms with Crippen molar-refractivity contribution in [3.05, 3.63) is 83.2 Å². The van der Waals surface area contributed by atoms with E-state index in [4.69, 9.17) is 4.98 Å². The Morgan fingerprint density at radius 2 is 2.00 bits per heavy atom. The highest BCUT2D eigenvalue weighted by atomic mass is 16.2. The molecule has 5 rings (SSSR count). The Kier molecular flexibility index (Phi) is 5.61. The molecule has 0 saturated carbocycles. The predicted octanol–water partition coefficient (Wildman–Crippen LogP) is 2.74. The number of aryl methyl sites for hydroxylation is 2. The topological polar surface area (TPSA) is 105 Å². The Morgan fingerprint density at radius 1 is 1.15 bits per heavy atom. The highest BCUT2D eigenvalue weighted by Crippen LogP contribution is 2.34. The van der Waals surface area contributed by atoms with Crippen molar-refractivity contribution in [3.8, 4) is 5.82 Å². The third kappa shape index (κ3) is 4.54. The lowest BCUT2D eigenvalue weighted by Crippen LogP contribution is -2.62. The van der Waals surface area contributed by atoms with Crippen molar-refractivity contribution < 1.29 is 4.79 Å². The second-order valence-electron chi connectivity index (χ2n) is 9.29. The van der Waals surface area contributed by atoms with Crippen LogP contribution in [0.5, 0.6) is 0 Å². The summed E-state index contributed by atoms with van der Waals surface area (Å²) in [6, 6.07) is 11.9. The zero-order valence-corrected chi connectivity index (χ0v) is 19.6. The summed E-state index contributed by atoms with van der Waals surface area (Å²) >= 11 is 0. The van der Waals surface area contributed by atoms with E-state index in [-0.39, 0.29) is 5.91 Å².